The van der Waals surface area contributed by atoms with E-state index in [4.69, 9.17) is 5.26 Å². The van der Waals surface area contributed by atoms with Gasteiger partial charge in [-0.05, 0) is 56.8 Å². The number of rotatable bonds is 3. The average molecular weight is 374 g/mol. The highest BCUT2D eigenvalue weighted by molar-refractivity contribution is 5.79. The maximum Gasteiger partial charge on any atom is 0.320 e. The van der Waals surface area contributed by atoms with Crippen molar-refractivity contribution < 1.29 is 9.59 Å². The molecule has 4 rings (SSSR count). The average Bonchev–Trinajstić information content (AvgIpc) is 3.40. The highest BCUT2D eigenvalue weighted by Crippen LogP contribution is 2.38. The van der Waals surface area contributed by atoms with Crippen LogP contribution in [-0.4, -0.2) is 78.0 Å². The summed E-state index contributed by atoms with van der Waals surface area (Å²) in [6.07, 6.45) is 7.34. The molecule has 3 amide bonds. The third-order valence-electron chi connectivity index (χ3n) is 6.91. The van der Waals surface area contributed by atoms with Crippen LogP contribution in [0.1, 0.15) is 44.9 Å². The van der Waals surface area contributed by atoms with Crippen molar-refractivity contribution in [2.75, 3.05) is 39.3 Å². The van der Waals surface area contributed by atoms with E-state index in [2.05, 4.69) is 16.3 Å². The lowest BCUT2D eigenvalue weighted by atomic mass is 10.0. The molecule has 7 heteroatoms. The van der Waals surface area contributed by atoms with E-state index in [1.807, 2.05) is 4.90 Å². The summed E-state index contributed by atoms with van der Waals surface area (Å²) in [7, 11) is 0. The summed E-state index contributed by atoms with van der Waals surface area (Å²) >= 11 is 0. The van der Waals surface area contributed by atoms with Gasteiger partial charge in [-0.1, -0.05) is 0 Å². The number of nitrogens with zero attached hydrogens (tertiary/aromatic N) is 4. The Morgan fingerprint density at radius 3 is 2.33 bits per heavy atom. The van der Waals surface area contributed by atoms with Crippen LogP contribution in [0.25, 0.3) is 0 Å². The summed E-state index contributed by atoms with van der Waals surface area (Å²) in [5.74, 6) is 1.17. The van der Waals surface area contributed by atoms with Gasteiger partial charge in [0.1, 0.15) is 6.04 Å². The first kappa shape index (κ1) is 18.5. The van der Waals surface area contributed by atoms with Crippen molar-refractivity contribution in [3.8, 4) is 6.07 Å². The number of piperidine rings is 1. The molecular formula is C20H31N5O2. The first-order valence-corrected chi connectivity index (χ1v) is 10.6. The van der Waals surface area contributed by atoms with Crippen molar-refractivity contribution in [1.29, 1.82) is 5.26 Å². The van der Waals surface area contributed by atoms with Crippen LogP contribution in [0.5, 0.6) is 0 Å². The monoisotopic (exact) mass is 373 g/mol. The van der Waals surface area contributed by atoms with Crippen LogP contribution in [0.2, 0.25) is 0 Å². The third-order valence-corrected chi connectivity index (χ3v) is 6.91. The Morgan fingerprint density at radius 1 is 0.963 bits per heavy atom. The Labute approximate surface area is 161 Å². The molecular weight excluding hydrogens is 342 g/mol. The molecule has 4 atom stereocenters. The van der Waals surface area contributed by atoms with Crippen molar-refractivity contribution in [2.24, 2.45) is 11.8 Å². The smallest absolute Gasteiger partial charge is 0.320 e. The molecule has 1 unspecified atom stereocenters. The van der Waals surface area contributed by atoms with Crippen molar-refractivity contribution in [3.05, 3.63) is 0 Å². The van der Waals surface area contributed by atoms with Gasteiger partial charge in [0.2, 0.25) is 5.91 Å². The fraction of sp³-hybridized carbons (Fsp3) is 0.850. The Kier molecular flexibility index (Phi) is 5.53. The lowest BCUT2D eigenvalue weighted by molar-refractivity contribution is -0.130. The van der Waals surface area contributed by atoms with Crippen LogP contribution in [0, 0.1) is 23.2 Å². The van der Waals surface area contributed by atoms with E-state index in [0.29, 0.717) is 31.0 Å². The number of nitrogens with one attached hydrogen (secondary N) is 1. The van der Waals surface area contributed by atoms with Crippen LogP contribution in [0.3, 0.4) is 0 Å². The first-order valence-electron chi connectivity index (χ1n) is 10.6. The fourth-order valence-corrected chi connectivity index (χ4v) is 5.44. The summed E-state index contributed by atoms with van der Waals surface area (Å²) in [6.45, 7) is 4.61. The van der Waals surface area contributed by atoms with Crippen molar-refractivity contribution in [3.63, 3.8) is 0 Å². The predicted octanol–water partition coefficient (Wildman–Crippen LogP) is 1.41. The largest absolute Gasteiger partial charge is 0.326 e. The Balaban J connectivity index is 1.21. The first-order chi connectivity index (χ1) is 13.2. The van der Waals surface area contributed by atoms with Crippen molar-refractivity contribution in [1.82, 2.24) is 20.0 Å². The summed E-state index contributed by atoms with van der Waals surface area (Å²) in [6, 6.07) is 2.59. The number of nitriles is 1. The second kappa shape index (κ2) is 8.05. The Bertz CT molecular complexity index is 598. The third kappa shape index (κ3) is 3.91. The maximum atomic E-state index is 12.7. The zero-order chi connectivity index (χ0) is 18.8. The molecule has 3 aliphatic heterocycles. The van der Waals surface area contributed by atoms with Crippen molar-refractivity contribution >= 4 is 11.9 Å². The molecule has 1 N–H and O–H groups in total. The van der Waals surface area contributed by atoms with Gasteiger partial charge < -0.3 is 20.0 Å². The molecule has 0 aromatic heterocycles. The molecule has 1 aliphatic carbocycles. The zero-order valence-corrected chi connectivity index (χ0v) is 16.1. The number of hydrogen-bond acceptors (Lipinski definition) is 4. The van der Waals surface area contributed by atoms with Crippen LogP contribution < -0.4 is 5.32 Å². The SMILES string of the molecule is N#C[C@@H]1CCCN1C(=O)CNC1C[C@@H]2CN(C(=O)N3CCCCC3)C[C@@H]2C1. The molecule has 0 spiro atoms. The molecule has 0 aromatic rings. The molecule has 4 aliphatic rings. The van der Waals surface area contributed by atoms with Crippen LogP contribution in [0.15, 0.2) is 0 Å². The zero-order valence-electron chi connectivity index (χ0n) is 16.1. The molecule has 27 heavy (non-hydrogen) atoms. The second-order valence-electron chi connectivity index (χ2n) is 8.68. The van der Waals surface area contributed by atoms with E-state index in [-0.39, 0.29) is 18.0 Å². The summed E-state index contributed by atoms with van der Waals surface area (Å²) < 4.78 is 0. The lowest BCUT2D eigenvalue weighted by Crippen LogP contribution is -2.45. The number of urea groups is 1. The highest BCUT2D eigenvalue weighted by Gasteiger charge is 2.43. The Hall–Kier alpha value is -1.81. The van der Waals surface area contributed by atoms with E-state index >= 15 is 0 Å². The topological polar surface area (TPSA) is 79.7 Å². The van der Waals surface area contributed by atoms with Gasteiger partial charge in [0.15, 0.2) is 0 Å². The van der Waals surface area contributed by atoms with E-state index < -0.39 is 0 Å². The van der Waals surface area contributed by atoms with Gasteiger partial charge in [-0.25, -0.2) is 4.79 Å². The normalized spacial score (nSPS) is 33.2. The second-order valence-corrected chi connectivity index (χ2v) is 8.68. The molecule has 3 heterocycles. The van der Waals surface area contributed by atoms with Gasteiger partial charge in [0, 0.05) is 38.8 Å². The summed E-state index contributed by atoms with van der Waals surface area (Å²) in [4.78, 5) is 30.9. The maximum absolute atomic E-state index is 12.7. The lowest BCUT2D eigenvalue weighted by Gasteiger charge is -2.31. The molecule has 7 nitrogen and oxygen atoms in total. The van der Waals surface area contributed by atoms with Gasteiger partial charge in [0.25, 0.3) is 0 Å². The predicted molar refractivity (Wildman–Crippen MR) is 101 cm³/mol. The van der Waals surface area contributed by atoms with Gasteiger partial charge >= 0.3 is 6.03 Å². The van der Waals surface area contributed by atoms with E-state index in [1.54, 1.807) is 4.90 Å². The highest BCUT2D eigenvalue weighted by atomic mass is 16.2. The standard InChI is InChI=1S/C20H31N5O2/c21-11-18-5-4-8-25(18)19(26)12-22-17-9-15-13-24(14-16(15)10-17)20(27)23-6-2-1-3-7-23/h15-18,22H,1-10,12-14H2/t15-,16+,17?,18-/m0/s1. The van der Waals surface area contributed by atoms with Crippen LogP contribution in [-0.2, 0) is 4.79 Å². The minimum Gasteiger partial charge on any atom is -0.326 e. The van der Waals surface area contributed by atoms with Crippen LogP contribution in [0.4, 0.5) is 4.79 Å². The molecule has 0 bridgehead atoms. The Morgan fingerprint density at radius 2 is 1.67 bits per heavy atom. The summed E-state index contributed by atoms with van der Waals surface area (Å²) in [5.41, 5.74) is 0. The van der Waals surface area contributed by atoms with E-state index in [0.717, 1.165) is 64.7 Å². The molecule has 148 valence electrons. The molecule has 4 fully saturated rings. The number of amides is 3. The number of fused-ring (bicyclic) bond motifs is 1. The van der Waals surface area contributed by atoms with Gasteiger partial charge in [-0.3, -0.25) is 4.79 Å². The number of hydrogen-bond donors (Lipinski definition) is 1. The number of likely N-dealkylation sites (tertiary alicyclic amines) is 3. The summed E-state index contributed by atoms with van der Waals surface area (Å²) in [5, 5.41) is 12.6. The molecule has 1 saturated carbocycles. The van der Waals surface area contributed by atoms with E-state index in [9.17, 15) is 9.59 Å². The quantitative estimate of drug-likeness (QED) is 0.811. The fourth-order valence-electron chi connectivity index (χ4n) is 5.44. The molecule has 0 radical (unpaired) electrons. The number of carbonyl (C=O) groups is 2. The number of carbonyl (C=O) groups excluding carboxylic acids is 2. The van der Waals surface area contributed by atoms with Gasteiger partial charge in [-0.2, -0.15) is 5.26 Å². The van der Waals surface area contributed by atoms with Gasteiger partial charge in [-0.15, -0.1) is 0 Å². The van der Waals surface area contributed by atoms with E-state index in [1.165, 1.54) is 6.42 Å². The minimum atomic E-state index is -0.239. The van der Waals surface area contributed by atoms with Crippen molar-refractivity contribution in [2.45, 2.75) is 57.0 Å². The van der Waals surface area contributed by atoms with Gasteiger partial charge in [0.05, 0.1) is 12.6 Å². The molecule has 3 saturated heterocycles. The van der Waals surface area contributed by atoms with Crippen LogP contribution >= 0.6 is 0 Å². The molecule has 0 aromatic carbocycles. The minimum absolute atomic E-state index is 0.0537.